The van der Waals surface area contributed by atoms with Crippen LogP contribution in [0.4, 0.5) is 0 Å². The Hall–Kier alpha value is -3.41. The van der Waals surface area contributed by atoms with Gasteiger partial charge in [-0.25, -0.2) is 4.98 Å². The standard InChI is InChI=1S/C20H17N3O3/c1-26-15-8-6-14(7-9-15)18-21-10-11-22(18)12-13-23-19(24)16-4-2-3-5-17(16)20(23)25/h2-11H,12-13H2,1H3. The van der Waals surface area contributed by atoms with E-state index in [4.69, 9.17) is 4.74 Å². The van der Waals surface area contributed by atoms with Crippen LogP contribution < -0.4 is 4.74 Å². The molecule has 2 amide bonds. The molecule has 0 fully saturated rings. The second kappa shape index (κ2) is 6.48. The van der Waals surface area contributed by atoms with Crippen molar-refractivity contribution in [3.63, 3.8) is 0 Å². The van der Waals surface area contributed by atoms with Gasteiger partial charge in [-0.15, -0.1) is 0 Å². The van der Waals surface area contributed by atoms with Crippen molar-refractivity contribution >= 4 is 11.8 Å². The minimum Gasteiger partial charge on any atom is -0.497 e. The fourth-order valence-corrected chi connectivity index (χ4v) is 3.14. The first-order chi connectivity index (χ1) is 12.7. The molecule has 3 aromatic rings. The van der Waals surface area contributed by atoms with Gasteiger partial charge in [0.25, 0.3) is 11.8 Å². The number of aromatic nitrogens is 2. The lowest BCUT2D eigenvalue weighted by Gasteiger charge is -2.15. The fraction of sp³-hybridized carbons (Fsp3) is 0.150. The SMILES string of the molecule is COc1ccc(-c2nccn2CCN2C(=O)c3ccccc3C2=O)cc1. The van der Waals surface area contributed by atoms with E-state index in [1.165, 1.54) is 4.90 Å². The lowest BCUT2D eigenvalue weighted by molar-refractivity contribution is 0.0649. The summed E-state index contributed by atoms with van der Waals surface area (Å²) in [5, 5.41) is 0. The van der Waals surface area contributed by atoms with Crippen LogP contribution in [0, 0.1) is 0 Å². The van der Waals surface area contributed by atoms with Crippen LogP contribution in [0.2, 0.25) is 0 Å². The number of hydrogen-bond acceptors (Lipinski definition) is 4. The van der Waals surface area contributed by atoms with Crippen molar-refractivity contribution in [2.24, 2.45) is 0 Å². The van der Waals surface area contributed by atoms with Gasteiger partial charge in [0.1, 0.15) is 11.6 Å². The van der Waals surface area contributed by atoms with Crippen LogP contribution in [0.1, 0.15) is 20.7 Å². The molecule has 0 N–H and O–H groups in total. The molecule has 2 aromatic carbocycles. The van der Waals surface area contributed by atoms with E-state index in [1.54, 1.807) is 37.6 Å². The molecule has 0 radical (unpaired) electrons. The molecule has 6 nitrogen and oxygen atoms in total. The molecule has 1 aliphatic rings. The zero-order chi connectivity index (χ0) is 18.1. The zero-order valence-electron chi connectivity index (χ0n) is 14.3. The molecule has 0 saturated heterocycles. The van der Waals surface area contributed by atoms with Gasteiger partial charge in [0.05, 0.1) is 18.2 Å². The molecular formula is C20H17N3O3. The van der Waals surface area contributed by atoms with Crippen molar-refractivity contribution in [2.45, 2.75) is 6.54 Å². The van der Waals surface area contributed by atoms with E-state index in [0.29, 0.717) is 24.2 Å². The van der Waals surface area contributed by atoms with E-state index in [2.05, 4.69) is 4.98 Å². The fourth-order valence-electron chi connectivity index (χ4n) is 3.14. The highest BCUT2D eigenvalue weighted by molar-refractivity contribution is 6.21. The molecule has 130 valence electrons. The number of methoxy groups -OCH3 is 1. The smallest absolute Gasteiger partial charge is 0.261 e. The molecule has 0 unspecified atom stereocenters. The van der Waals surface area contributed by atoms with Crippen LogP contribution in [0.3, 0.4) is 0 Å². The molecule has 0 spiro atoms. The normalized spacial score (nSPS) is 13.2. The molecule has 0 saturated carbocycles. The van der Waals surface area contributed by atoms with Crippen molar-refractivity contribution < 1.29 is 14.3 Å². The Morgan fingerprint density at radius 1 is 0.923 bits per heavy atom. The zero-order valence-corrected chi connectivity index (χ0v) is 14.3. The molecule has 6 heteroatoms. The summed E-state index contributed by atoms with van der Waals surface area (Å²) in [4.78, 5) is 30.6. The van der Waals surface area contributed by atoms with Gasteiger partial charge < -0.3 is 9.30 Å². The summed E-state index contributed by atoms with van der Waals surface area (Å²) in [6.07, 6.45) is 3.56. The number of hydrogen-bond donors (Lipinski definition) is 0. The molecule has 2 heterocycles. The van der Waals surface area contributed by atoms with Gasteiger partial charge in [-0.1, -0.05) is 12.1 Å². The summed E-state index contributed by atoms with van der Waals surface area (Å²) in [5.74, 6) is 1.08. The molecule has 26 heavy (non-hydrogen) atoms. The second-order valence-electron chi connectivity index (χ2n) is 5.98. The predicted octanol–water partition coefficient (Wildman–Crippen LogP) is 2.85. The number of carbonyl (C=O) groups excluding carboxylic acids is 2. The lowest BCUT2D eigenvalue weighted by atomic mass is 10.1. The van der Waals surface area contributed by atoms with E-state index in [9.17, 15) is 9.59 Å². The number of nitrogens with zero attached hydrogens (tertiary/aromatic N) is 3. The number of imide groups is 1. The van der Waals surface area contributed by atoms with Crippen molar-refractivity contribution in [2.75, 3.05) is 13.7 Å². The summed E-state index contributed by atoms with van der Waals surface area (Å²) >= 11 is 0. The first-order valence-electron chi connectivity index (χ1n) is 8.30. The lowest BCUT2D eigenvalue weighted by Crippen LogP contribution is -2.32. The average Bonchev–Trinajstić information content (AvgIpc) is 3.24. The summed E-state index contributed by atoms with van der Waals surface area (Å²) in [6.45, 7) is 0.776. The molecule has 1 aliphatic heterocycles. The highest BCUT2D eigenvalue weighted by Gasteiger charge is 2.34. The summed E-state index contributed by atoms with van der Waals surface area (Å²) in [7, 11) is 1.62. The van der Waals surface area contributed by atoms with Gasteiger partial charge in [-0.3, -0.25) is 14.5 Å². The van der Waals surface area contributed by atoms with Crippen LogP contribution >= 0.6 is 0 Å². The number of fused-ring (bicyclic) bond motifs is 1. The van der Waals surface area contributed by atoms with Crippen LogP contribution in [0.15, 0.2) is 60.9 Å². The van der Waals surface area contributed by atoms with E-state index in [-0.39, 0.29) is 11.8 Å². The quantitative estimate of drug-likeness (QED) is 0.666. The molecule has 0 bridgehead atoms. The first-order valence-corrected chi connectivity index (χ1v) is 8.30. The van der Waals surface area contributed by atoms with E-state index in [1.807, 2.05) is 35.0 Å². The van der Waals surface area contributed by atoms with Crippen molar-refractivity contribution in [1.29, 1.82) is 0 Å². The maximum absolute atomic E-state index is 12.5. The van der Waals surface area contributed by atoms with Crippen molar-refractivity contribution in [1.82, 2.24) is 14.5 Å². The summed E-state index contributed by atoms with van der Waals surface area (Å²) in [6, 6.07) is 14.5. The largest absolute Gasteiger partial charge is 0.497 e. The van der Waals surface area contributed by atoms with Crippen LogP contribution in [-0.4, -0.2) is 39.9 Å². The Kier molecular flexibility index (Phi) is 4.01. The number of imidazole rings is 1. The van der Waals surface area contributed by atoms with E-state index < -0.39 is 0 Å². The first kappa shape index (κ1) is 16.1. The number of amides is 2. The minimum atomic E-state index is -0.239. The second-order valence-corrected chi connectivity index (χ2v) is 5.98. The number of carbonyl (C=O) groups is 2. The Morgan fingerprint density at radius 2 is 1.58 bits per heavy atom. The van der Waals surface area contributed by atoms with Gasteiger partial charge in [-0.05, 0) is 36.4 Å². The number of benzene rings is 2. The third-order valence-corrected chi connectivity index (χ3v) is 4.51. The molecule has 0 aliphatic carbocycles. The highest BCUT2D eigenvalue weighted by atomic mass is 16.5. The van der Waals surface area contributed by atoms with Gasteiger partial charge in [0.2, 0.25) is 0 Å². The number of rotatable bonds is 5. The Labute approximate surface area is 150 Å². The topological polar surface area (TPSA) is 64.4 Å². The van der Waals surface area contributed by atoms with Gasteiger partial charge in [-0.2, -0.15) is 0 Å². The van der Waals surface area contributed by atoms with Crippen molar-refractivity contribution in [3.8, 4) is 17.1 Å². The summed E-state index contributed by atoms with van der Waals surface area (Å²) < 4.78 is 7.11. The Balaban J connectivity index is 1.52. The molecule has 1 aromatic heterocycles. The third-order valence-electron chi connectivity index (χ3n) is 4.51. The van der Waals surface area contributed by atoms with Crippen molar-refractivity contribution in [3.05, 3.63) is 72.1 Å². The maximum Gasteiger partial charge on any atom is 0.261 e. The highest BCUT2D eigenvalue weighted by Crippen LogP contribution is 2.24. The van der Waals surface area contributed by atoms with Crippen LogP contribution in [-0.2, 0) is 6.54 Å². The van der Waals surface area contributed by atoms with Crippen LogP contribution in [0.5, 0.6) is 5.75 Å². The van der Waals surface area contributed by atoms with E-state index >= 15 is 0 Å². The van der Waals surface area contributed by atoms with Gasteiger partial charge in [0.15, 0.2) is 0 Å². The maximum atomic E-state index is 12.5. The average molecular weight is 347 g/mol. The van der Waals surface area contributed by atoms with Gasteiger partial charge in [0, 0.05) is 31.0 Å². The third kappa shape index (κ3) is 2.65. The monoisotopic (exact) mass is 347 g/mol. The predicted molar refractivity (Wildman–Crippen MR) is 96.0 cm³/mol. The Bertz CT molecular complexity index is 941. The van der Waals surface area contributed by atoms with E-state index in [0.717, 1.165) is 17.1 Å². The summed E-state index contributed by atoms with van der Waals surface area (Å²) in [5.41, 5.74) is 1.88. The molecule has 0 atom stereocenters. The molecule has 4 rings (SSSR count). The number of ether oxygens (including phenoxy) is 1. The molecular weight excluding hydrogens is 330 g/mol. The Morgan fingerprint density at radius 3 is 2.19 bits per heavy atom. The van der Waals surface area contributed by atoms with Crippen LogP contribution in [0.25, 0.3) is 11.4 Å². The minimum absolute atomic E-state index is 0.239. The van der Waals surface area contributed by atoms with Gasteiger partial charge >= 0.3 is 0 Å².